The third kappa shape index (κ3) is 4.76. The van der Waals surface area contributed by atoms with Crippen LogP contribution in [0.25, 0.3) is 6.08 Å². The van der Waals surface area contributed by atoms with Crippen molar-refractivity contribution in [2.24, 2.45) is 5.92 Å². The number of benzene rings is 1. The molecule has 2 unspecified atom stereocenters. The van der Waals surface area contributed by atoms with Gasteiger partial charge in [-0.1, -0.05) is 40.9 Å². The molecule has 1 saturated carbocycles. The Balaban J connectivity index is 1.78. The van der Waals surface area contributed by atoms with Crippen molar-refractivity contribution in [2.75, 3.05) is 6.54 Å². The van der Waals surface area contributed by atoms with E-state index < -0.39 is 0 Å². The number of hydrogen-bond acceptors (Lipinski definition) is 2. The number of amides is 1. The Morgan fingerprint density at radius 3 is 2.70 bits per heavy atom. The maximum atomic E-state index is 11.7. The fraction of sp³-hybridized carbons (Fsp3) is 0.438. The summed E-state index contributed by atoms with van der Waals surface area (Å²) in [5.74, 6) is 0.0967. The molecule has 108 valence electrons. The van der Waals surface area contributed by atoms with Gasteiger partial charge in [0, 0.05) is 23.0 Å². The molecule has 2 atom stereocenters. The molecule has 0 bridgehead atoms. The van der Waals surface area contributed by atoms with Crippen LogP contribution in [0.15, 0.2) is 34.8 Å². The van der Waals surface area contributed by atoms with Gasteiger partial charge >= 0.3 is 0 Å². The molecule has 0 spiro atoms. The Hall–Kier alpha value is -1.13. The lowest BCUT2D eigenvalue weighted by atomic mass is 9.86. The zero-order valence-corrected chi connectivity index (χ0v) is 13.0. The molecule has 0 aromatic heterocycles. The second-order valence-corrected chi connectivity index (χ2v) is 6.16. The highest BCUT2D eigenvalue weighted by Gasteiger charge is 2.22. The zero-order chi connectivity index (χ0) is 14.4. The van der Waals surface area contributed by atoms with Gasteiger partial charge in [-0.05, 0) is 36.6 Å². The molecule has 0 heterocycles. The summed E-state index contributed by atoms with van der Waals surface area (Å²) in [5.41, 5.74) is 0.987. The molecule has 1 aromatic carbocycles. The van der Waals surface area contributed by atoms with E-state index in [1.165, 1.54) is 0 Å². The fourth-order valence-electron chi connectivity index (χ4n) is 2.46. The van der Waals surface area contributed by atoms with Crippen LogP contribution in [0.2, 0.25) is 0 Å². The fourth-order valence-corrected chi connectivity index (χ4v) is 2.73. The van der Waals surface area contributed by atoms with Crippen molar-refractivity contribution in [1.82, 2.24) is 5.32 Å². The third-order valence-electron chi connectivity index (χ3n) is 3.70. The summed E-state index contributed by atoms with van der Waals surface area (Å²) >= 11 is 3.37. The summed E-state index contributed by atoms with van der Waals surface area (Å²) in [4.78, 5) is 11.7. The predicted octanol–water partition coefficient (Wildman–Crippen LogP) is 3.13. The van der Waals surface area contributed by atoms with E-state index in [1.807, 2.05) is 24.3 Å². The minimum Gasteiger partial charge on any atom is -0.393 e. The molecule has 1 aliphatic carbocycles. The van der Waals surface area contributed by atoms with Crippen LogP contribution < -0.4 is 5.32 Å². The Labute approximate surface area is 128 Å². The Morgan fingerprint density at radius 2 is 2.00 bits per heavy atom. The summed E-state index contributed by atoms with van der Waals surface area (Å²) in [6, 6.07) is 7.77. The summed E-state index contributed by atoms with van der Waals surface area (Å²) in [6.45, 7) is 0.560. The van der Waals surface area contributed by atoms with E-state index in [0.29, 0.717) is 6.54 Å². The molecule has 1 amide bonds. The first-order valence-electron chi connectivity index (χ1n) is 7.04. The summed E-state index contributed by atoms with van der Waals surface area (Å²) < 4.78 is 1.02. The molecule has 1 aromatic rings. The van der Waals surface area contributed by atoms with Gasteiger partial charge in [0.15, 0.2) is 0 Å². The van der Waals surface area contributed by atoms with Crippen LogP contribution in [0.4, 0.5) is 0 Å². The van der Waals surface area contributed by atoms with Crippen molar-refractivity contribution >= 4 is 27.9 Å². The number of rotatable bonds is 4. The number of nitrogens with one attached hydrogen (secondary N) is 1. The van der Waals surface area contributed by atoms with Crippen LogP contribution in [-0.4, -0.2) is 23.7 Å². The molecule has 4 heteroatoms. The predicted molar refractivity (Wildman–Crippen MR) is 84.2 cm³/mol. The molecular formula is C16H20BrNO2. The number of hydrogen-bond donors (Lipinski definition) is 2. The Bertz CT molecular complexity index is 470. The van der Waals surface area contributed by atoms with Crippen LogP contribution in [-0.2, 0) is 4.79 Å². The maximum absolute atomic E-state index is 11.7. The van der Waals surface area contributed by atoms with E-state index in [1.54, 1.807) is 12.2 Å². The summed E-state index contributed by atoms with van der Waals surface area (Å²) in [5, 5.41) is 12.7. The highest BCUT2D eigenvalue weighted by Crippen LogP contribution is 2.23. The molecule has 0 saturated heterocycles. The maximum Gasteiger partial charge on any atom is 0.244 e. The largest absolute Gasteiger partial charge is 0.393 e. The van der Waals surface area contributed by atoms with Crippen molar-refractivity contribution in [3.05, 3.63) is 40.4 Å². The van der Waals surface area contributed by atoms with Crippen LogP contribution in [0.3, 0.4) is 0 Å². The second kappa shape index (κ2) is 7.60. The van der Waals surface area contributed by atoms with Gasteiger partial charge in [0.05, 0.1) is 6.10 Å². The number of carbonyl (C=O) groups excluding carboxylic acids is 1. The van der Waals surface area contributed by atoms with Crippen molar-refractivity contribution in [3.8, 4) is 0 Å². The number of aliphatic hydroxyl groups excluding tert-OH is 1. The van der Waals surface area contributed by atoms with Crippen LogP contribution in [0.1, 0.15) is 31.2 Å². The van der Waals surface area contributed by atoms with Gasteiger partial charge in [-0.15, -0.1) is 0 Å². The molecule has 20 heavy (non-hydrogen) atoms. The van der Waals surface area contributed by atoms with Crippen LogP contribution >= 0.6 is 15.9 Å². The van der Waals surface area contributed by atoms with E-state index in [-0.39, 0.29) is 17.9 Å². The van der Waals surface area contributed by atoms with Gasteiger partial charge in [0.25, 0.3) is 0 Å². The average Bonchev–Trinajstić information content (AvgIpc) is 2.46. The standard InChI is InChI=1S/C16H20BrNO2/c17-14-8-5-12(6-9-14)7-10-16(20)18-11-13-3-1-2-4-15(13)19/h5-10,13,15,19H,1-4,11H2,(H,18,20). The van der Waals surface area contributed by atoms with Crippen molar-refractivity contribution in [3.63, 3.8) is 0 Å². The highest BCUT2D eigenvalue weighted by atomic mass is 79.9. The lowest BCUT2D eigenvalue weighted by molar-refractivity contribution is -0.116. The average molecular weight is 338 g/mol. The first-order chi connectivity index (χ1) is 9.65. The van der Waals surface area contributed by atoms with Crippen molar-refractivity contribution < 1.29 is 9.90 Å². The lowest BCUT2D eigenvalue weighted by Crippen LogP contribution is -2.36. The van der Waals surface area contributed by atoms with Gasteiger partial charge < -0.3 is 10.4 Å². The smallest absolute Gasteiger partial charge is 0.244 e. The van der Waals surface area contributed by atoms with Gasteiger partial charge in [-0.3, -0.25) is 4.79 Å². The van der Waals surface area contributed by atoms with Gasteiger partial charge in [0.1, 0.15) is 0 Å². The molecule has 1 fully saturated rings. The van der Waals surface area contributed by atoms with Gasteiger partial charge in [-0.2, -0.15) is 0 Å². The molecule has 3 nitrogen and oxygen atoms in total. The van der Waals surface area contributed by atoms with Gasteiger partial charge in [-0.25, -0.2) is 0 Å². The highest BCUT2D eigenvalue weighted by molar-refractivity contribution is 9.10. The van der Waals surface area contributed by atoms with E-state index in [9.17, 15) is 9.90 Å². The van der Waals surface area contributed by atoms with Crippen LogP contribution in [0.5, 0.6) is 0 Å². The quantitative estimate of drug-likeness (QED) is 0.829. The minimum atomic E-state index is -0.264. The lowest BCUT2D eigenvalue weighted by Gasteiger charge is -2.27. The number of aliphatic hydroxyl groups is 1. The first-order valence-corrected chi connectivity index (χ1v) is 7.84. The SMILES string of the molecule is O=C(C=Cc1ccc(Br)cc1)NCC1CCCCC1O. The molecule has 0 aliphatic heterocycles. The van der Waals surface area contributed by atoms with Crippen molar-refractivity contribution in [2.45, 2.75) is 31.8 Å². The normalized spacial score (nSPS) is 22.9. The Kier molecular flexibility index (Phi) is 5.80. The first kappa shape index (κ1) is 15.3. The summed E-state index contributed by atoms with van der Waals surface area (Å²) in [6.07, 6.45) is 7.16. The number of carbonyl (C=O) groups is 1. The van der Waals surface area contributed by atoms with E-state index in [2.05, 4.69) is 21.2 Å². The minimum absolute atomic E-state index is 0.106. The monoisotopic (exact) mass is 337 g/mol. The molecule has 2 N–H and O–H groups in total. The third-order valence-corrected chi connectivity index (χ3v) is 4.23. The molecule has 0 radical (unpaired) electrons. The van der Waals surface area contributed by atoms with Crippen molar-refractivity contribution in [1.29, 1.82) is 0 Å². The van der Waals surface area contributed by atoms with E-state index in [4.69, 9.17) is 0 Å². The Morgan fingerprint density at radius 1 is 1.30 bits per heavy atom. The van der Waals surface area contributed by atoms with E-state index >= 15 is 0 Å². The van der Waals surface area contributed by atoms with Crippen LogP contribution in [0, 0.1) is 5.92 Å². The van der Waals surface area contributed by atoms with Gasteiger partial charge in [0.2, 0.25) is 5.91 Å². The molecule has 2 rings (SSSR count). The van der Waals surface area contributed by atoms with E-state index in [0.717, 1.165) is 35.7 Å². The second-order valence-electron chi connectivity index (χ2n) is 5.24. The number of halogens is 1. The molecular weight excluding hydrogens is 318 g/mol. The topological polar surface area (TPSA) is 49.3 Å². The summed E-state index contributed by atoms with van der Waals surface area (Å²) in [7, 11) is 0. The zero-order valence-electron chi connectivity index (χ0n) is 11.4. The molecule has 1 aliphatic rings.